The zero-order valence-electron chi connectivity index (χ0n) is 11.5. The fourth-order valence-electron chi connectivity index (χ4n) is 1.62. The number of sulfonamides is 1. The van der Waals surface area contributed by atoms with E-state index in [1.807, 2.05) is 26.0 Å². The quantitative estimate of drug-likeness (QED) is 0.560. The van der Waals surface area contributed by atoms with Crippen molar-refractivity contribution in [2.45, 2.75) is 18.7 Å². The van der Waals surface area contributed by atoms with Crippen molar-refractivity contribution in [1.29, 1.82) is 0 Å². The van der Waals surface area contributed by atoms with E-state index in [1.54, 1.807) is 13.1 Å². The molecule has 0 unspecified atom stereocenters. The number of ether oxygens (including phenoxy) is 1. The number of likely N-dealkylation sites (N-methyl/N-ethyl adjacent to an activating group) is 1. The summed E-state index contributed by atoms with van der Waals surface area (Å²) in [5.74, 6) is 0. The molecule has 0 spiro atoms. The van der Waals surface area contributed by atoms with E-state index in [2.05, 4.69) is 15.9 Å². The van der Waals surface area contributed by atoms with Gasteiger partial charge in [-0.2, -0.15) is 4.31 Å². The molecular formula is C13H20BrNO3S. The molecule has 0 bridgehead atoms. The average molecular weight is 350 g/mol. The average Bonchev–Trinajstić information content (AvgIpc) is 2.37. The Balaban J connectivity index is 2.82. The fraction of sp³-hybridized carbons (Fsp3) is 0.538. The second-order valence-electron chi connectivity index (χ2n) is 4.40. The molecule has 0 aliphatic carbocycles. The van der Waals surface area contributed by atoms with Gasteiger partial charge in [-0.15, -0.1) is 0 Å². The van der Waals surface area contributed by atoms with Gasteiger partial charge >= 0.3 is 0 Å². The predicted molar refractivity (Wildman–Crippen MR) is 80.3 cm³/mol. The van der Waals surface area contributed by atoms with Crippen LogP contribution in [0.2, 0.25) is 0 Å². The molecule has 1 rings (SSSR count). The Morgan fingerprint density at radius 2 is 1.95 bits per heavy atom. The molecule has 0 saturated carbocycles. The molecule has 0 fully saturated rings. The van der Waals surface area contributed by atoms with Crippen molar-refractivity contribution >= 4 is 26.0 Å². The van der Waals surface area contributed by atoms with Crippen LogP contribution < -0.4 is 0 Å². The number of hydrogen-bond donors (Lipinski definition) is 0. The van der Waals surface area contributed by atoms with Gasteiger partial charge in [-0.25, -0.2) is 8.42 Å². The normalized spacial score (nSPS) is 12.1. The third-order valence-corrected chi connectivity index (χ3v) is 5.13. The van der Waals surface area contributed by atoms with Gasteiger partial charge in [0, 0.05) is 18.9 Å². The summed E-state index contributed by atoms with van der Waals surface area (Å²) in [6.07, 6.45) is 0. The Labute approximate surface area is 123 Å². The van der Waals surface area contributed by atoms with Gasteiger partial charge in [0.25, 0.3) is 0 Å². The van der Waals surface area contributed by atoms with Crippen LogP contribution in [-0.4, -0.2) is 44.9 Å². The Morgan fingerprint density at radius 1 is 1.26 bits per heavy atom. The zero-order chi connectivity index (χ0) is 14.5. The summed E-state index contributed by atoms with van der Waals surface area (Å²) in [4.78, 5) is 0.371. The van der Waals surface area contributed by atoms with Crippen molar-refractivity contribution in [2.24, 2.45) is 0 Å². The number of rotatable bonds is 7. The zero-order valence-corrected chi connectivity index (χ0v) is 13.9. The standard InChI is InChI=1S/C13H20BrNO3S/c1-11-4-5-12(2)13(10-11)19(16,17)15(3)7-9-18-8-6-14/h4-5,10H,6-9H2,1-3H3. The van der Waals surface area contributed by atoms with Crippen LogP contribution in [-0.2, 0) is 14.8 Å². The highest BCUT2D eigenvalue weighted by Gasteiger charge is 2.22. The second kappa shape index (κ2) is 7.38. The predicted octanol–water partition coefficient (Wildman–Crippen LogP) is 2.34. The van der Waals surface area contributed by atoms with E-state index in [0.717, 1.165) is 16.5 Å². The van der Waals surface area contributed by atoms with Crippen molar-refractivity contribution < 1.29 is 13.2 Å². The number of nitrogens with zero attached hydrogens (tertiary/aromatic N) is 1. The van der Waals surface area contributed by atoms with Gasteiger partial charge in [0.05, 0.1) is 18.1 Å². The van der Waals surface area contributed by atoms with Crippen molar-refractivity contribution in [1.82, 2.24) is 4.31 Å². The molecule has 0 radical (unpaired) electrons. The fourth-order valence-corrected chi connectivity index (χ4v) is 3.31. The molecule has 0 heterocycles. The van der Waals surface area contributed by atoms with E-state index in [9.17, 15) is 8.42 Å². The second-order valence-corrected chi connectivity index (χ2v) is 7.20. The molecule has 0 aliphatic heterocycles. The highest BCUT2D eigenvalue weighted by atomic mass is 79.9. The van der Waals surface area contributed by atoms with Gasteiger partial charge in [0.2, 0.25) is 10.0 Å². The summed E-state index contributed by atoms with van der Waals surface area (Å²) < 4.78 is 31.5. The molecule has 0 aromatic heterocycles. The molecule has 0 aliphatic rings. The topological polar surface area (TPSA) is 46.6 Å². The summed E-state index contributed by atoms with van der Waals surface area (Å²) in [7, 11) is -1.86. The Bertz CT molecular complexity index is 517. The van der Waals surface area contributed by atoms with Crippen LogP contribution in [0, 0.1) is 13.8 Å². The van der Waals surface area contributed by atoms with Crippen LogP contribution in [0.1, 0.15) is 11.1 Å². The first kappa shape index (κ1) is 16.6. The van der Waals surface area contributed by atoms with Crippen molar-refractivity contribution in [3.63, 3.8) is 0 Å². The minimum absolute atomic E-state index is 0.350. The molecule has 0 atom stereocenters. The number of aryl methyl sites for hydroxylation is 2. The first-order chi connectivity index (χ1) is 8.89. The van der Waals surface area contributed by atoms with Crippen LogP contribution in [0.25, 0.3) is 0 Å². The van der Waals surface area contributed by atoms with Crippen LogP contribution in [0.5, 0.6) is 0 Å². The highest BCUT2D eigenvalue weighted by molar-refractivity contribution is 9.09. The van der Waals surface area contributed by atoms with Gasteiger partial charge in [0.1, 0.15) is 0 Å². The van der Waals surface area contributed by atoms with Gasteiger partial charge < -0.3 is 4.74 Å². The number of alkyl halides is 1. The van der Waals surface area contributed by atoms with Gasteiger partial charge in [-0.3, -0.25) is 0 Å². The molecule has 4 nitrogen and oxygen atoms in total. The molecular weight excluding hydrogens is 330 g/mol. The molecule has 19 heavy (non-hydrogen) atoms. The number of benzene rings is 1. The maximum absolute atomic E-state index is 12.4. The van der Waals surface area contributed by atoms with E-state index < -0.39 is 10.0 Å². The minimum atomic E-state index is -3.44. The Morgan fingerprint density at radius 3 is 2.58 bits per heavy atom. The number of hydrogen-bond acceptors (Lipinski definition) is 3. The van der Waals surface area contributed by atoms with Crippen LogP contribution in [0.4, 0.5) is 0 Å². The lowest BCUT2D eigenvalue weighted by molar-refractivity contribution is 0.141. The van der Waals surface area contributed by atoms with Crippen LogP contribution in [0.15, 0.2) is 23.1 Å². The number of halogens is 1. The molecule has 6 heteroatoms. The first-order valence-corrected chi connectivity index (χ1v) is 8.63. The van der Waals surface area contributed by atoms with Gasteiger partial charge in [-0.1, -0.05) is 28.1 Å². The third-order valence-electron chi connectivity index (χ3n) is 2.80. The van der Waals surface area contributed by atoms with Crippen LogP contribution in [0.3, 0.4) is 0 Å². The third kappa shape index (κ3) is 4.56. The van der Waals surface area contributed by atoms with E-state index in [0.29, 0.717) is 24.7 Å². The largest absolute Gasteiger partial charge is 0.379 e. The molecule has 0 amide bonds. The summed E-state index contributed by atoms with van der Waals surface area (Å²) in [6.45, 7) is 5.02. The molecule has 0 N–H and O–H groups in total. The lowest BCUT2D eigenvalue weighted by atomic mass is 10.2. The maximum atomic E-state index is 12.4. The molecule has 1 aromatic carbocycles. The summed E-state index contributed by atoms with van der Waals surface area (Å²) in [5, 5.41) is 0.750. The SMILES string of the molecule is Cc1ccc(C)c(S(=O)(=O)N(C)CCOCCBr)c1. The summed E-state index contributed by atoms with van der Waals surface area (Å²) in [6, 6.07) is 5.45. The lowest BCUT2D eigenvalue weighted by Gasteiger charge is -2.18. The van der Waals surface area contributed by atoms with Crippen LogP contribution >= 0.6 is 15.9 Å². The molecule has 1 aromatic rings. The smallest absolute Gasteiger partial charge is 0.243 e. The van der Waals surface area contributed by atoms with E-state index in [1.165, 1.54) is 4.31 Å². The van der Waals surface area contributed by atoms with E-state index in [4.69, 9.17) is 4.74 Å². The monoisotopic (exact) mass is 349 g/mol. The van der Waals surface area contributed by atoms with Crippen molar-refractivity contribution in [3.05, 3.63) is 29.3 Å². The van der Waals surface area contributed by atoms with Gasteiger partial charge in [-0.05, 0) is 31.0 Å². The van der Waals surface area contributed by atoms with Crippen molar-refractivity contribution in [2.75, 3.05) is 32.1 Å². The maximum Gasteiger partial charge on any atom is 0.243 e. The summed E-state index contributed by atoms with van der Waals surface area (Å²) >= 11 is 3.25. The Hall–Kier alpha value is -0.430. The molecule has 0 saturated heterocycles. The first-order valence-electron chi connectivity index (χ1n) is 6.07. The van der Waals surface area contributed by atoms with E-state index >= 15 is 0 Å². The highest BCUT2D eigenvalue weighted by Crippen LogP contribution is 2.20. The summed E-state index contributed by atoms with van der Waals surface area (Å²) in [5.41, 5.74) is 1.70. The molecule has 108 valence electrons. The minimum Gasteiger partial charge on any atom is -0.379 e. The Kier molecular flexibility index (Phi) is 6.46. The van der Waals surface area contributed by atoms with Gasteiger partial charge in [0.15, 0.2) is 0 Å². The van der Waals surface area contributed by atoms with Crippen molar-refractivity contribution in [3.8, 4) is 0 Å². The lowest BCUT2D eigenvalue weighted by Crippen LogP contribution is -2.31. The van der Waals surface area contributed by atoms with E-state index in [-0.39, 0.29) is 0 Å².